The van der Waals surface area contributed by atoms with Gasteiger partial charge >= 0.3 is 0 Å². The van der Waals surface area contributed by atoms with Gasteiger partial charge in [0.25, 0.3) is 10.0 Å². The molecule has 6 heteroatoms. The minimum absolute atomic E-state index is 0.381. The molecule has 0 aliphatic rings. The Bertz CT molecular complexity index is 580. The molecule has 2 aromatic rings. The predicted molar refractivity (Wildman–Crippen MR) is 72.1 cm³/mol. The second-order valence-electron chi connectivity index (χ2n) is 3.83. The van der Waals surface area contributed by atoms with Crippen molar-refractivity contribution >= 4 is 21.4 Å². The summed E-state index contributed by atoms with van der Waals surface area (Å²) < 4.78 is 26.0. The van der Waals surface area contributed by atoms with E-state index in [1.54, 1.807) is 30.8 Å². The Morgan fingerprint density at radius 1 is 1.28 bits per heavy atom. The number of hydrogen-bond acceptors (Lipinski definition) is 4. The number of pyridine rings is 1. The van der Waals surface area contributed by atoms with Gasteiger partial charge in [0.1, 0.15) is 4.21 Å². The van der Waals surface area contributed by atoms with Gasteiger partial charge in [0.05, 0.1) is 0 Å². The minimum atomic E-state index is -3.34. The van der Waals surface area contributed by atoms with Gasteiger partial charge in [-0.15, -0.1) is 11.3 Å². The van der Waals surface area contributed by atoms with Crippen LogP contribution in [0.15, 0.2) is 46.1 Å². The zero-order valence-electron chi connectivity index (χ0n) is 9.98. The zero-order chi connectivity index (χ0) is 13.0. The lowest BCUT2D eigenvalue weighted by atomic mass is 10.3. The Morgan fingerprint density at radius 3 is 2.72 bits per heavy atom. The lowest BCUT2D eigenvalue weighted by molar-refractivity contribution is 0.472. The lowest BCUT2D eigenvalue weighted by Crippen LogP contribution is -2.28. The quantitative estimate of drug-likeness (QED) is 0.843. The highest BCUT2D eigenvalue weighted by Crippen LogP contribution is 2.19. The first kappa shape index (κ1) is 13.2. The first-order valence-corrected chi connectivity index (χ1v) is 7.82. The Labute approximate surface area is 111 Å². The average Bonchev–Trinajstić information content (AvgIpc) is 2.91. The first-order chi connectivity index (χ1) is 8.60. The van der Waals surface area contributed by atoms with E-state index in [9.17, 15) is 8.42 Å². The highest BCUT2D eigenvalue weighted by Gasteiger charge is 2.21. The van der Waals surface area contributed by atoms with Crippen LogP contribution < -0.4 is 0 Å². The highest BCUT2D eigenvalue weighted by atomic mass is 32.2. The summed E-state index contributed by atoms with van der Waals surface area (Å²) >= 11 is 1.23. The van der Waals surface area contributed by atoms with E-state index < -0.39 is 10.0 Å². The molecule has 2 heterocycles. The number of nitrogens with zero attached hydrogens (tertiary/aromatic N) is 2. The Hall–Kier alpha value is -1.24. The van der Waals surface area contributed by atoms with Crippen LogP contribution in [0.4, 0.5) is 0 Å². The van der Waals surface area contributed by atoms with Crippen LogP contribution >= 0.6 is 11.3 Å². The fourth-order valence-corrected chi connectivity index (χ4v) is 3.87. The molecule has 0 amide bonds. The molecular weight excluding hydrogens is 268 g/mol. The molecule has 0 fully saturated rings. The molecule has 0 spiro atoms. The minimum Gasteiger partial charge on any atom is -0.261 e. The zero-order valence-corrected chi connectivity index (χ0v) is 11.6. The molecule has 96 valence electrons. The van der Waals surface area contributed by atoms with Crippen molar-refractivity contribution < 1.29 is 8.42 Å². The molecule has 0 radical (unpaired) electrons. The van der Waals surface area contributed by atoms with E-state index in [0.29, 0.717) is 17.2 Å². The number of rotatable bonds is 5. The van der Waals surface area contributed by atoms with Gasteiger partial charge in [-0.25, -0.2) is 8.42 Å². The van der Waals surface area contributed by atoms with Crippen LogP contribution in [0.2, 0.25) is 0 Å². The van der Waals surface area contributed by atoms with Gasteiger partial charge in [-0.05, 0) is 23.6 Å². The summed E-state index contributed by atoms with van der Waals surface area (Å²) in [6.45, 7) is 0.428. The van der Waals surface area contributed by atoms with Crippen LogP contribution in [0.1, 0.15) is 5.69 Å². The van der Waals surface area contributed by atoms with Crippen molar-refractivity contribution in [2.24, 2.45) is 0 Å². The number of thiophene rings is 1. The van der Waals surface area contributed by atoms with Crippen molar-refractivity contribution in [1.82, 2.24) is 9.29 Å². The van der Waals surface area contributed by atoms with Gasteiger partial charge in [-0.2, -0.15) is 4.31 Å². The molecule has 0 N–H and O–H groups in total. The average molecular weight is 282 g/mol. The summed E-state index contributed by atoms with van der Waals surface area (Å²) in [5.41, 5.74) is 0.894. The number of likely N-dealkylation sites (N-methyl/N-ethyl adjacent to an activating group) is 1. The van der Waals surface area contributed by atoms with Crippen molar-refractivity contribution in [1.29, 1.82) is 0 Å². The third kappa shape index (κ3) is 2.95. The van der Waals surface area contributed by atoms with Crippen molar-refractivity contribution in [3.8, 4) is 0 Å². The van der Waals surface area contributed by atoms with Crippen LogP contribution in [0.5, 0.6) is 0 Å². The Kier molecular flexibility index (Phi) is 4.11. The third-order valence-corrected chi connectivity index (χ3v) is 5.80. The van der Waals surface area contributed by atoms with E-state index in [1.165, 1.54) is 15.6 Å². The molecular formula is C12H14N2O2S2. The molecule has 18 heavy (non-hydrogen) atoms. The number of hydrogen-bond donors (Lipinski definition) is 0. The first-order valence-electron chi connectivity index (χ1n) is 5.50. The summed E-state index contributed by atoms with van der Waals surface area (Å²) in [7, 11) is -1.75. The molecule has 0 saturated heterocycles. The van der Waals surface area contributed by atoms with E-state index in [4.69, 9.17) is 0 Å². The molecule has 0 aliphatic carbocycles. The molecule has 2 rings (SSSR count). The topological polar surface area (TPSA) is 50.3 Å². The van der Waals surface area contributed by atoms with Crippen LogP contribution in [0.25, 0.3) is 0 Å². The summed E-state index contributed by atoms with van der Waals surface area (Å²) in [5.74, 6) is 0. The highest BCUT2D eigenvalue weighted by molar-refractivity contribution is 7.91. The van der Waals surface area contributed by atoms with Gasteiger partial charge in [0.2, 0.25) is 0 Å². The molecule has 2 aromatic heterocycles. The maximum Gasteiger partial charge on any atom is 0.252 e. The third-order valence-electron chi connectivity index (χ3n) is 2.57. The van der Waals surface area contributed by atoms with E-state index in [1.807, 2.05) is 18.2 Å². The smallest absolute Gasteiger partial charge is 0.252 e. The van der Waals surface area contributed by atoms with Crippen LogP contribution in [0, 0.1) is 0 Å². The summed E-state index contributed by atoms with van der Waals surface area (Å²) in [6.07, 6.45) is 2.32. The fraction of sp³-hybridized carbons (Fsp3) is 0.250. The molecule has 0 saturated carbocycles. The molecule has 4 nitrogen and oxygen atoms in total. The van der Waals surface area contributed by atoms with Crippen molar-refractivity contribution in [3.63, 3.8) is 0 Å². The van der Waals surface area contributed by atoms with E-state index in [2.05, 4.69) is 4.98 Å². The standard InChI is InChI=1S/C12H14N2O2S2/c1-14(9-7-11-5-2-3-8-13-11)18(15,16)12-6-4-10-17-12/h2-6,8,10H,7,9H2,1H3. The molecule has 0 atom stereocenters. The summed E-state index contributed by atoms with van der Waals surface area (Å²) in [6, 6.07) is 9.00. The van der Waals surface area contributed by atoms with E-state index in [-0.39, 0.29) is 0 Å². The summed E-state index contributed by atoms with van der Waals surface area (Å²) in [4.78, 5) is 4.18. The van der Waals surface area contributed by atoms with Gasteiger partial charge in [-0.1, -0.05) is 12.1 Å². The van der Waals surface area contributed by atoms with Crippen molar-refractivity contribution in [3.05, 3.63) is 47.6 Å². The van der Waals surface area contributed by atoms with E-state index >= 15 is 0 Å². The number of aromatic nitrogens is 1. The number of sulfonamides is 1. The fourth-order valence-electron chi connectivity index (χ4n) is 1.50. The van der Waals surface area contributed by atoms with Crippen molar-refractivity contribution in [2.75, 3.05) is 13.6 Å². The van der Waals surface area contributed by atoms with Gasteiger partial charge in [0, 0.05) is 31.9 Å². The van der Waals surface area contributed by atoms with E-state index in [0.717, 1.165) is 5.69 Å². The van der Waals surface area contributed by atoms with Crippen LogP contribution in [0.3, 0.4) is 0 Å². The largest absolute Gasteiger partial charge is 0.261 e. The van der Waals surface area contributed by atoms with Gasteiger partial charge in [0.15, 0.2) is 0 Å². The summed E-state index contributed by atoms with van der Waals surface area (Å²) in [5, 5.41) is 1.76. The predicted octanol–water partition coefficient (Wildman–Crippen LogP) is 2.01. The van der Waals surface area contributed by atoms with Crippen LogP contribution in [-0.2, 0) is 16.4 Å². The molecule has 0 bridgehead atoms. The Morgan fingerprint density at radius 2 is 2.11 bits per heavy atom. The lowest BCUT2D eigenvalue weighted by Gasteiger charge is -2.15. The molecule has 0 unspecified atom stereocenters. The normalized spacial score (nSPS) is 11.9. The van der Waals surface area contributed by atoms with Crippen LogP contribution in [-0.4, -0.2) is 31.3 Å². The van der Waals surface area contributed by atoms with Crippen molar-refractivity contribution in [2.45, 2.75) is 10.6 Å². The monoisotopic (exact) mass is 282 g/mol. The SMILES string of the molecule is CN(CCc1ccccn1)S(=O)(=O)c1cccs1. The maximum absolute atomic E-state index is 12.1. The molecule has 0 aromatic carbocycles. The second-order valence-corrected chi connectivity index (χ2v) is 7.05. The maximum atomic E-state index is 12.1. The van der Waals surface area contributed by atoms with Gasteiger partial charge < -0.3 is 0 Å². The Balaban J connectivity index is 2.03. The molecule has 0 aliphatic heterocycles. The van der Waals surface area contributed by atoms with Gasteiger partial charge in [-0.3, -0.25) is 4.98 Å². The second kappa shape index (κ2) is 5.60.